The molecular formula is C15H18N2O3. The number of carbonyl (C=O) groups is 1. The lowest BCUT2D eigenvalue weighted by Gasteiger charge is -2.27. The fourth-order valence-corrected chi connectivity index (χ4v) is 2.95. The molecule has 1 aliphatic carbocycles. The molecule has 1 saturated carbocycles. The van der Waals surface area contributed by atoms with Gasteiger partial charge in [0.05, 0.1) is 17.1 Å². The second-order valence-corrected chi connectivity index (χ2v) is 5.54. The van der Waals surface area contributed by atoms with Crippen LogP contribution < -0.4 is 0 Å². The average molecular weight is 274 g/mol. The second-order valence-electron chi connectivity index (χ2n) is 5.54. The highest BCUT2D eigenvalue weighted by molar-refractivity contribution is 5.92. The van der Waals surface area contributed by atoms with E-state index >= 15 is 0 Å². The van der Waals surface area contributed by atoms with Gasteiger partial charge in [0.1, 0.15) is 0 Å². The number of aliphatic hydroxyl groups excluding tert-OH is 1. The summed E-state index contributed by atoms with van der Waals surface area (Å²) in [5.74, 6) is -0.500. The Morgan fingerprint density at radius 1 is 1.30 bits per heavy atom. The van der Waals surface area contributed by atoms with Gasteiger partial charge in [-0.1, -0.05) is 6.07 Å². The van der Waals surface area contributed by atoms with Gasteiger partial charge in [0.15, 0.2) is 0 Å². The maximum atomic E-state index is 11.0. The van der Waals surface area contributed by atoms with Crippen LogP contribution in [0.2, 0.25) is 0 Å². The summed E-state index contributed by atoms with van der Waals surface area (Å²) in [6.07, 6.45) is 6.08. The van der Waals surface area contributed by atoms with E-state index in [2.05, 4.69) is 5.10 Å². The van der Waals surface area contributed by atoms with E-state index < -0.39 is 5.97 Å². The van der Waals surface area contributed by atoms with Gasteiger partial charge in [0, 0.05) is 18.2 Å². The molecule has 0 amide bonds. The normalized spacial score (nSPS) is 23.1. The summed E-state index contributed by atoms with van der Waals surface area (Å²) < 4.78 is 1.96. The Hall–Kier alpha value is -1.88. The lowest BCUT2D eigenvalue weighted by molar-refractivity contribution is 0.0697. The molecule has 5 nitrogen and oxygen atoms in total. The molecule has 0 spiro atoms. The molecule has 3 rings (SSSR count). The van der Waals surface area contributed by atoms with E-state index in [4.69, 9.17) is 10.2 Å². The molecule has 20 heavy (non-hydrogen) atoms. The SMILES string of the molecule is O=C(O)c1ccc2cn(C3CCC(CO)CC3)nc2c1. The van der Waals surface area contributed by atoms with Crippen molar-refractivity contribution in [1.82, 2.24) is 9.78 Å². The summed E-state index contributed by atoms with van der Waals surface area (Å²) in [6.45, 7) is 0.274. The molecule has 2 N–H and O–H groups in total. The zero-order valence-electron chi connectivity index (χ0n) is 11.2. The number of carboxylic acids is 1. The van der Waals surface area contributed by atoms with Crippen molar-refractivity contribution in [1.29, 1.82) is 0 Å². The van der Waals surface area contributed by atoms with Crippen LogP contribution in [0.4, 0.5) is 0 Å². The minimum atomic E-state index is -0.926. The zero-order valence-corrected chi connectivity index (χ0v) is 11.2. The Kier molecular flexibility index (Phi) is 3.44. The van der Waals surface area contributed by atoms with Gasteiger partial charge < -0.3 is 10.2 Å². The lowest BCUT2D eigenvalue weighted by Crippen LogP contribution is -2.20. The molecule has 1 aliphatic rings. The van der Waals surface area contributed by atoms with Crippen molar-refractivity contribution in [2.75, 3.05) is 6.61 Å². The second kappa shape index (κ2) is 5.25. The summed E-state index contributed by atoms with van der Waals surface area (Å²) in [5, 5.41) is 23.7. The number of hydrogen-bond donors (Lipinski definition) is 2. The van der Waals surface area contributed by atoms with Gasteiger partial charge in [0.2, 0.25) is 0 Å². The van der Waals surface area contributed by atoms with Crippen molar-refractivity contribution < 1.29 is 15.0 Å². The predicted octanol–water partition coefficient (Wildman–Crippen LogP) is 2.46. The summed E-state index contributed by atoms with van der Waals surface area (Å²) >= 11 is 0. The van der Waals surface area contributed by atoms with E-state index in [1.807, 2.05) is 16.9 Å². The standard InChI is InChI=1S/C15H18N2O3/c18-9-10-1-5-13(6-2-10)17-8-12-4-3-11(15(19)20)7-14(12)16-17/h3-4,7-8,10,13,18H,1-2,5-6,9H2,(H,19,20). The molecule has 1 heterocycles. The number of aromatic carboxylic acids is 1. The predicted molar refractivity (Wildman–Crippen MR) is 74.8 cm³/mol. The van der Waals surface area contributed by atoms with Gasteiger partial charge in [-0.15, -0.1) is 0 Å². The van der Waals surface area contributed by atoms with E-state index in [1.165, 1.54) is 0 Å². The molecule has 0 bridgehead atoms. The molecule has 0 unspecified atom stereocenters. The zero-order chi connectivity index (χ0) is 14.1. The molecule has 1 fully saturated rings. The smallest absolute Gasteiger partial charge is 0.335 e. The molecule has 1 aromatic carbocycles. The van der Waals surface area contributed by atoms with Crippen molar-refractivity contribution in [3.63, 3.8) is 0 Å². The third-order valence-electron chi connectivity index (χ3n) is 4.22. The highest BCUT2D eigenvalue weighted by Gasteiger charge is 2.22. The fraction of sp³-hybridized carbons (Fsp3) is 0.467. The number of rotatable bonds is 3. The van der Waals surface area contributed by atoms with Crippen LogP contribution in [0.1, 0.15) is 42.1 Å². The van der Waals surface area contributed by atoms with Crippen molar-refractivity contribution in [3.05, 3.63) is 30.0 Å². The molecule has 5 heteroatoms. The third kappa shape index (κ3) is 2.41. The summed E-state index contributed by atoms with van der Waals surface area (Å²) in [5.41, 5.74) is 1.00. The Morgan fingerprint density at radius 2 is 2.05 bits per heavy atom. The number of aliphatic hydroxyl groups is 1. The number of fused-ring (bicyclic) bond motifs is 1. The first-order valence-corrected chi connectivity index (χ1v) is 7.00. The Labute approximate surface area is 116 Å². The van der Waals surface area contributed by atoms with Crippen LogP contribution in [0, 0.1) is 5.92 Å². The summed E-state index contributed by atoms with van der Waals surface area (Å²) in [7, 11) is 0. The van der Waals surface area contributed by atoms with Crippen LogP contribution >= 0.6 is 0 Å². The third-order valence-corrected chi connectivity index (χ3v) is 4.22. The van der Waals surface area contributed by atoms with E-state index in [0.29, 0.717) is 12.0 Å². The molecule has 0 saturated heterocycles. The Bertz CT molecular complexity index is 627. The summed E-state index contributed by atoms with van der Waals surface area (Å²) in [6, 6.07) is 5.40. The van der Waals surface area contributed by atoms with Crippen molar-refractivity contribution in [2.24, 2.45) is 5.92 Å². The van der Waals surface area contributed by atoms with Crippen LogP contribution in [0.3, 0.4) is 0 Å². The number of nitrogens with zero attached hydrogens (tertiary/aromatic N) is 2. The van der Waals surface area contributed by atoms with Gasteiger partial charge in [-0.05, 0) is 43.7 Å². The van der Waals surface area contributed by atoms with Gasteiger partial charge >= 0.3 is 5.97 Å². The minimum absolute atomic E-state index is 0.270. The van der Waals surface area contributed by atoms with Crippen molar-refractivity contribution in [3.8, 4) is 0 Å². The van der Waals surface area contributed by atoms with E-state index in [9.17, 15) is 4.79 Å². The largest absolute Gasteiger partial charge is 0.478 e. The number of carboxylic acid groups (broad SMARTS) is 1. The maximum absolute atomic E-state index is 11.0. The molecular weight excluding hydrogens is 256 g/mol. The van der Waals surface area contributed by atoms with Gasteiger partial charge in [-0.25, -0.2) is 4.79 Å². The molecule has 106 valence electrons. The first-order valence-electron chi connectivity index (χ1n) is 7.00. The van der Waals surface area contributed by atoms with Crippen LogP contribution in [-0.2, 0) is 0 Å². The quantitative estimate of drug-likeness (QED) is 0.901. The number of benzene rings is 1. The lowest BCUT2D eigenvalue weighted by atomic mass is 9.87. The Morgan fingerprint density at radius 3 is 2.70 bits per heavy atom. The first-order chi connectivity index (χ1) is 9.67. The highest BCUT2D eigenvalue weighted by atomic mass is 16.4. The molecule has 0 radical (unpaired) electrons. The number of hydrogen-bond acceptors (Lipinski definition) is 3. The van der Waals surface area contributed by atoms with Crippen LogP contribution in [0.5, 0.6) is 0 Å². The Balaban J connectivity index is 1.84. The van der Waals surface area contributed by atoms with Crippen LogP contribution in [-0.4, -0.2) is 32.6 Å². The van der Waals surface area contributed by atoms with Crippen LogP contribution in [0.15, 0.2) is 24.4 Å². The monoisotopic (exact) mass is 274 g/mol. The topological polar surface area (TPSA) is 75.3 Å². The minimum Gasteiger partial charge on any atom is -0.478 e. The number of aromatic nitrogens is 2. The van der Waals surface area contributed by atoms with Crippen molar-refractivity contribution >= 4 is 16.9 Å². The molecule has 0 atom stereocenters. The van der Waals surface area contributed by atoms with Crippen molar-refractivity contribution in [2.45, 2.75) is 31.7 Å². The fourth-order valence-electron chi connectivity index (χ4n) is 2.95. The van der Waals surface area contributed by atoms with Crippen LogP contribution in [0.25, 0.3) is 10.9 Å². The van der Waals surface area contributed by atoms with E-state index in [-0.39, 0.29) is 12.2 Å². The molecule has 0 aliphatic heterocycles. The highest BCUT2D eigenvalue weighted by Crippen LogP contribution is 2.32. The average Bonchev–Trinajstić information content (AvgIpc) is 2.90. The summed E-state index contributed by atoms with van der Waals surface area (Å²) in [4.78, 5) is 11.0. The maximum Gasteiger partial charge on any atom is 0.335 e. The van der Waals surface area contributed by atoms with E-state index in [0.717, 1.165) is 36.6 Å². The van der Waals surface area contributed by atoms with E-state index in [1.54, 1.807) is 12.1 Å². The molecule has 1 aromatic heterocycles. The van der Waals surface area contributed by atoms with Gasteiger partial charge in [0.25, 0.3) is 0 Å². The van der Waals surface area contributed by atoms with Gasteiger partial charge in [-0.3, -0.25) is 4.68 Å². The molecule has 2 aromatic rings. The first kappa shape index (κ1) is 13.1. The van der Waals surface area contributed by atoms with Gasteiger partial charge in [-0.2, -0.15) is 5.10 Å².